The van der Waals surface area contributed by atoms with Gasteiger partial charge in [-0.15, -0.1) is 0 Å². The highest BCUT2D eigenvalue weighted by Gasteiger charge is 2.31. The zero-order valence-electron chi connectivity index (χ0n) is 31.7. The molecule has 0 aliphatic carbocycles. The Morgan fingerprint density at radius 3 is 1.90 bits per heavy atom. The van der Waals surface area contributed by atoms with E-state index in [0.29, 0.717) is 36.4 Å². The maximum Gasteiger partial charge on any atom is 0.364 e. The lowest BCUT2D eigenvalue weighted by molar-refractivity contribution is 0.237. The molecule has 4 aromatic rings. The van der Waals surface area contributed by atoms with E-state index in [1.165, 1.54) is 0 Å². The van der Waals surface area contributed by atoms with Crippen LogP contribution in [0.4, 0.5) is 0 Å². The molecule has 1 aliphatic heterocycles. The van der Waals surface area contributed by atoms with Gasteiger partial charge in [-0.2, -0.15) is 0 Å². The monoisotopic (exact) mass is 679 g/mol. The van der Waals surface area contributed by atoms with Crippen molar-refractivity contribution in [1.29, 1.82) is 0 Å². The first kappa shape index (κ1) is 37.1. The lowest BCUT2D eigenvalue weighted by Crippen LogP contribution is -2.64. The predicted molar refractivity (Wildman–Crippen MR) is 204 cm³/mol. The molecule has 0 saturated heterocycles. The molecule has 0 amide bonds. The molecule has 266 valence electrons. The van der Waals surface area contributed by atoms with Gasteiger partial charge < -0.3 is 14.2 Å². The molecule has 0 bridgehead atoms. The van der Waals surface area contributed by atoms with Gasteiger partial charge in [-0.1, -0.05) is 86.3 Å². The van der Waals surface area contributed by atoms with E-state index in [1.54, 1.807) is 12.2 Å². The van der Waals surface area contributed by atoms with E-state index in [2.05, 4.69) is 69.2 Å². The standard InChI is InChI=1S/C44H55O6/c1-11-27(12-2)25-47-31-15-17-33-29(21-39(43(5,6)7)49-37(33)23-31)19-35-41(45)36(42(35)46)20-30-22-40(44(8,9)10)50-38-24-32(16-18-34(30)38)48-26-28(13-3)14-4/h15-24,27-29H,11-14,25-26H2,1-10H3/q+1. The minimum atomic E-state index is -0.298. The fourth-order valence-electron chi connectivity index (χ4n) is 6.21. The van der Waals surface area contributed by atoms with Gasteiger partial charge in [-0.3, -0.25) is 9.59 Å². The van der Waals surface area contributed by atoms with Crippen LogP contribution >= 0.6 is 0 Å². The van der Waals surface area contributed by atoms with Crippen LogP contribution in [-0.2, 0) is 5.41 Å². The maximum absolute atomic E-state index is 13.7. The molecule has 0 saturated carbocycles. The van der Waals surface area contributed by atoms with Gasteiger partial charge in [-0.25, -0.2) is 4.42 Å². The summed E-state index contributed by atoms with van der Waals surface area (Å²) < 4.78 is 25.0. The Bertz CT molecular complexity index is 2020. The molecule has 6 nitrogen and oxygen atoms in total. The van der Waals surface area contributed by atoms with Crippen molar-refractivity contribution < 1.29 is 18.6 Å². The van der Waals surface area contributed by atoms with Gasteiger partial charge in [0.1, 0.15) is 23.0 Å². The van der Waals surface area contributed by atoms with Gasteiger partial charge in [0, 0.05) is 34.6 Å². The number of rotatable bonds is 12. The van der Waals surface area contributed by atoms with E-state index >= 15 is 0 Å². The summed E-state index contributed by atoms with van der Waals surface area (Å²) in [7, 11) is 0. The summed E-state index contributed by atoms with van der Waals surface area (Å²) in [5, 5.41) is 1.19. The Labute approximate surface area is 297 Å². The van der Waals surface area contributed by atoms with Gasteiger partial charge in [0.05, 0.1) is 40.5 Å². The second-order valence-corrected chi connectivity index (χ2v) is 15.9. The fraction of sp³-hybridized carbons (Fsp3) is 0.477. The maximum atomic E-state index is 13.7. The van der Waals surface area contributed by atoms with Crippen molar-refractivity contribution >= 4 is 23.1 Å². The van der Waals surface area contributed by atoms with Crippen LogP contribution in [0.2, 0.25) is 0 Å². The van der Waals surface area contributed by atoms with E-state index in [-0.39, 0.29) is 38.0 Å². The van der Waals surface area contributed by atoms with Crippen LogP contribution in [-0.4, -0.2) is 13.2 Å². The summed E-state index contributed by atoms with van der Waals surface area (Å²) in [5.74, 6) is 4.40. The molecule has 0 spiro atoms. The first-order valence-corrected chi connectivity index (χ1v) is 18.4. The third-order valence-electron chi connectivity index (χ3n) is 10.0. The van der Waals surface area contributed by atoms with Crippen LogP contribution in [0.3, 0.4) is 0 Å². The second kappa shape index (κ2) is 15.0. The van der Waals surface area contributed by atoms with Crippen LogP contribution in [0.25, 0.3) is 23.1 Å². The Kier molecular flexibility index (Phi) is 11.1. The third-order valence-corrected chi connectivity index (χ3v) is 10.0. The average molecular weight is 680 g/mol. The van der Waals surface area contributed by atoms with E-state index in [0.717, 1.165) is 65.2 Å². The van der Waals surface area contributed by atoms with E-state index in [4.69, 9.17) is 18.6 Å². The quantitative estimate of drug-likeness (QED) is 0.139. The first-order valence-electron chi connectivity index (χ1n) is 18.4. The van der Waals surface area contributed by atoms with Crippen LogP contribution < -0.4 is 35.5 Å². The summed E-state index contributed by atoms with van der Waals surface area (Å²) >= 11 is 0. The number of benzene rings is 2. The fourth-order valence-corrected chi connectivity index (χ4v) is 6.21. The summed E-state index contributed by atoms with van der Waals surface area (Å²) in [6.07, 6.45) is 9.77. The molecule has 0 radical (unpaired) electrons. The molecular weight excluding hydrogens is 624 g/mol. The van der Waals surface area contributed by atoms with Gasteiger partial charge in [0.2, 0.25) is 10.9 Å². The second-order valence-electron chi connectivity index (χ2n) is 15.9. The SMILES string of the molecule is CCC(CC)COc1ccc2c(c1)OC(C(C)(C)C)=CC2C=c1c(=O)c(=Cc2cc(C(C)(C)C)[o+]c3cc(OCC(CC)CC)ccc23)c1=O. The molecule has 1 aromatic heterocycles. The van der Waals surface area contributed by atoms with E-state index in [1.807, 2.05) is 48.5 Å². The van der Waals surface area contributed by atoms with Gasteiger partial charge in [0.25, 0.3) is 0 Å². The Hall–Kier alpha value is -4.19. The van der Waals surface area contributed by atoms with Gasteiger partial charge >= 0.3 is 11.3 Å². The number of fused-ring (bicyclic) bond motifs is 2. The summed E-state index contributed by atoms with van der Waals surface area (Å²) in [5.41, 5.74) is 1.24. The van der Waals surface area contributed by atoms with E-state index < -0.39 is 0 Å². The number of allylic oxidation sites excluding steroid dienone is 2. The predicted octanol–water partition coefficient (Wildman–Crippen LogP) is 8.95. The summed E-state index contributed by atoms with van der Waals surface area (Å²) in [4.78, 5) is 27.4. The minimum absolute atomic E-state index is 0.176. The van der Waals surface area contributed by atoms with Crippen molar-refractivity contribution in [2.24, 2.45) is 17.3 Å². The third kappa shape index (κ3) is 8.06. The molecule has 0 N–H and O–H groups in total. The van der Waals surface area contributed by atoms with Crippen molar-refractivity contribution in [2.45, 2.75) is 106 Å². The molecule has 1 atom stereocenters. The van der Waals surface area contributed by atoms with Crippen molar-refractivity contribution in [3.05, 3.63) is 102 Å². The lowest BCUT2D eigenvalue weighted by Gasteiger charge is -2.30. The molecule has 1 aliphatic rings. The topological polar surface area (TPSA) is 73.1 Å². The lowest BCUT2D eigenvalue weighted by atomic mass is 9.86. The van der Waals surface area contributed by atoms with Crippen molar-refractivity contribution in [3.8, 4) is 17.2 Å². The molecule has 0 fully saturated rings. The molecule has 6 heteroatoms. The molecule has 3 aromatic carbocycles. The Morgan fingerprint density at radius 1 is 0.760 bits per heavy atom. The minimum Gasteiger partial charge on any atom is -0.493 e. The molecule has 5 rings (SSSR count). The Morgan fingerprint density at radius 2 is 1.34 bits per heavy atom. The van der Waals surface area contributed by atoms with Crippen LogP contribution in [0.15, 0.2) is 68.3 Å². The van der Waals surface area contributed by atoms with E-state index in [9.17, 15) is 9.59 Å². The van der Waals surface area contributed by atoms with Crippen molar-refractivity contribution in [2.75, 3.05) is 13.2 Å². The zero-order chi connectivity index (χ0) is 36.4. The molecule has 2 heterocycles. The number of hydrogen-bond acceptors (Lipinski definition) is 5. The van der Waals surface area contributed by atoms with Crippen molar-refractivity contribution in [1.82, 2.24) is 0 Å². The summed E-state index contributed by atoms with van der Waals surface area (Å²) in [6, 6.07) is 13.6. The highest BCUT2D eigenvalue weighted by molar-refractivity contribution is 5.87. The van der Waals surface area contributed by atoms with Crippen LogP contribution in [0.1, 0.15) is 118 Å². The molecular formula is C44H55O6+. The van der Waals surface area contributed by atoms with Gasteiger partial charge in [-0.05, 0) is 63.0 Å². The normalized spacial score (nSPS) is 14.9. The average Bonchev–Trinajstić information content (AvgIpc) is 3.08. The first-order chi connectivity index (χ1) is 23.7. The summed E-state index contributed by atoms with van der Waals surface area (Å²) in [6.45, 7) is 22.5. The number of ether oxygens (including phenoxy) is 3. The largest absolute Gasteiger partial charge is 0.493 e. The van der Waals surface area contributed by atoms with Crippen LogP contribution in [0, 0.1) is 17.3 Å². The van der Waals surface area contributed by atoms with Crippen LogP contribution in [0.5, 0.6) is 17.2 Å². The van der Waals surface area contributed by atoms with Crippen molar-refractivity contribution in [3.63, 3.8) is 0 Å². The highest BCUT2D eigenvalue weighted by atomic mass is 16.5. The molecule has 50 heavy (non-hydrogen) atoms. The number of hydrogen-bond donors (Lipinski definition) is 0. The Balaban J connectivity index is 1.55. The smallest absolute Gasteiger partial charge is 0.364 e. The van der Waals surface area contributed by atoms with Gasteiger partial charge in [0.15, 0.2) is 0 Å². The zero-order valence-corrected chi connectivity index (χ0v) is 31.7. The highest BCUT2D eigenvalue weighted by Crippen LogP contribution is 2.42. The molecule has 1 unspecified atom stereocenters.